The molecule has 1 aliphatic heterocycles. The van der Waals surface area contributed by atoms with Gasteiger partial charge in [-0.25, -0.2) is 0 Å². The van der Waals surface area contributed by atoms with Crippen molar-refractivity contribution >= 4 is 27.5 Å². The highest BCUT2D eigenvalue weighted by molar-refractivity contribution is 7.85. The minimum atomic E-state index is -3.41. The number of amides is 1. The Labute approximate surface area is 248 Å². The molecule has 228 valence electrons. The quantitative estimate of drug-likeness (QED) is 0.223. The third-order valence-corrected chi connectivity index (χ3v) is 8.02. The first-order chi connectivity index (χ1) is 20.0. The van der Waals surface area contributed by atoms with Crippen LogP contribution in [0, 0.1) is 0 Å². The number of methoxy groups -OCH3 is 2. The van der Waals surface area contributed by atoms with E-state index in [4.69, 9.17) is 13.7 Å². The number of aromatic nitrogens is 2. The van der Waals surface area contributed by atoms with Crippen LogP contribution in [-0.4, -0.2) is 88.2 Å². The number of carbonyl (C=O) groups is 1. The number of ether oxygens (including phenoxy) is 2. The van der Waals surface area contributed by atoms with Gasteiger partial charge in [-0.3, -0.25) is 19.0 Å². The lowest BCUT2D eigenvalue weighted by Gasteiger charge is -2.45. The Balaban J connectivity index is 1.27. The summed E-state index contributed by atoms with van der Waals surface area (Å²) in [6, 6.07) is 15.8. The second kappa shape index (κ2) is 14.0. The van der Waals surface area contributed by atoms with Crippen LogP contribution in [0.2, 0.25) is 0 Å². The van der Waals surface area contributed by atoms with E-state index < -0.39 is 10.1 Å². The Kier molecular flexibility index (Phi) is 10.5. The molecule has 3 aromatic rings. The highest BCUT2D eigenvalue weighted by atomic mass is 32.2. The molecule has 0 saturated carbocycles. The molecule has 1 aromatic heterocycles. The van der Waals surface area contributed by atoms with E-state index in [1.165, 1.54) is 0 Å². The summed E-state index contributed by atoms with van der Waals surface area (Å²) in [4.78, 5) is 17.6. The number of carbonyl (C=O) groups excluding carboxylic acids is 1. The lowest BCUT2D eigenvalue weighted by atomic mass is 10.1. The van der Waals surface area contributed by atoms with E-state index in [0.717, 1.165) is 60.8 Å². The normalized spacial score (nSPS) is 17.7. The number of H-pyrrole nitrogens is 1. The number of aryl methyl sites for hydroxylation is 2. The zero-order chi connectivity index (χ0) is 30.3. The minimum absolute atomic E-state index is 0.195. The Morgan fingerprint density at radius 2 is 1.64 bits per heavy atom. The monoisotopic (exact) mass is 599 g/mol. The van der Waals surface area contributed by atoms with Gasteiger partial charge in [0.2, 0.25) is 0 Å². The van der Waals surface area contributed by atoms with Crippen molar-refractivity contribution in [3.63, 3.8) is 0 Å². The maximum atomic E-state index is 12.9. The number of nitrogens with one attached hydrogen (secondary N) is 2. The molecule has 1 amide bonds. The number of aromatic amines is 1. The van der Waals surface area contributed by atoms with Crippen molar-refractivity contribution < 1.29 is 26.9 Å². The van der Waals surface area contributed by atoms with Gasteiger partial charge in [0.1, 0.15) is 11.5 Å². The zero-order valence-electron chi connectivity index (χ0n) is 24.9. The Morgan fingerprint density at radius 1 is 1.00 bits per heavy atom. The summed E-state index contributed by atoms with van der Waals surface area (Å²) < 4.78 is 38.0. The lowest BCUT2D eigenvalue weighted by molar-refractivity contribution is 0.102. The second-order valence-electron chi connectivity index (χ2n) is 10.7. The minimum Gasteiger partial charge on any atom is -0.497 e. The van der Waals surface area contributed by atoms with E-state index in [2.05, 4.69) is 39.2 Å². The zero-order valence-corrected chi connectivity index (χ0v) is 25.7. The molecule has 11 nitrogen and oxygen atoms in total. The van der Waals surface area contributed by atoms with Crippen LogP contribution in [0.5, 0.6) is 11.5 Å². The van der Waals surface area contributed by atoms with Crippen LogP contribution in [0.3, 0.4) is 0 Å². The van der Waals surface area contributed by atoms with Gasteiger partial charge in [-0.2, -0.15) is 13.5 Å². The van der Waals surface area contributed by atoms with E-state index in [1.54, 1.807) is 14.2 Å². The van der Waals surface area contributed by atoms with Crippen molar-refractivity contribution in [1.29, 1.82) is 0 Å². The maximum Gasteiger partial charge on any atom is 0.264 e. The summed E-state index contributed by atoms with van der Waals surface area (Å²) in [6.45, 7) is 6.99. The smallest absolute Gasteiger partial charge is 0.264 e. The van der Waals surface area contributed by atoms with Gasteiger partial charge in [-0.1, -0.05) is 0 Å². The average molecular weight is 600 g/mol. The molecule has 0 unspecified atom stereocenters. The first kappa shape index (κ1) is 31.3. The van der Waals surface area contributed by atoms with Crippen LogP contribution in [0.15, 0.2) is 48.5 Å². The number of rotatable bonds is 13. The van der Waals surface area contributed by atoms with Crippen molar-refractivity contribution in [2.75, 3.05) is 56.9 Å². The summed E-state index contributed by atoms with van der Waals surface area (Å²) in [7, 11) is -0.150. The molecule has 12 heteroatoms. The predicted molar refractivity (Wildman–Crippen MR) is 163 cm³/mol. The fourth-order valence-electron chi connectivity index (χ4n) is 5.32. The lowest BCUT2D eigenvalue weighted by Crippen LogP contribution is -2.57. The van der Waals surface area contributed by atoms with Crippen LogP contribution in [0.1, 0.15) is 41.9 Å². The molecule has 2 N–H and O–H groups in total. The fraction of sp³-hybridized carbons (Fsp3) is 0.467. The largest absolute Gasteiger partial charge is 0.497 e. The number of anilines is 2. The van der Waals surface area contributed by atoms with Crippen molar-refractivity contribution in [3.05, 3.63) is 65.4 Å². The van der Waals surface area contributed by atoms with Crippen molar-refractivity contribution in [1.82, 2.24) is 15.1 Å². The standard InChI is InChI=1S/C30H41N5O6S/c1-21-19-34(20-22(2)35(21)13-6-14-41-42(5,37)38)26-11-8-24(9-12-26)30(36)31-29-17-25(32-33-29)10-7-23-15-27(39-3)18-28(16-23)40-4/h8-9,11-12,15-18,21-22H,6-7,10,13-14,19-20H2,1-5H3,(H2,31,32,33,36)/t21-,22+. The molecule has 0 spiro atoms. The molecule has 1 saturated heterocycles. The van der Waals surface area contributed by atoms with Gasteiger partial charge in [0, 0.05) is 60.8 Å². The van der Waals surface area contributed by atoms with Gasteiger partial charge in [0.15, 0.2) is 5.82 Å². The van der Waals surface area contributed by atoms with Gasteiger partial charge in [-0.05, 0) is 75.1 Å². The Morgan fingerprint density at radius 3 is 2.24 bits per heavy atom. The molecule has 0 bridgehead atoms. The third-order valence-electron chi connectivity index (χ3n) is 7.42. The summed E-state index contributed by atoms with van der Waals surface area (Å²) in [5, 5.41) is 10.1. The molecule has 1 fully saturated rings. The molecular weight excluding hydrogens is 558 g/mol. The SMILES string of the molecule is COc1cc(CCc2cc(NC(=O)c3ccc(N4C[C@@H](C)N(CCCOS(C)(=O)=O)[C@@H](C)C4)cc3)n[nH]2)cc(OC)c1. The van der Waals surface area contributed by atoms with Gasteiger partial charge in [0.05, 0.1) is 27.1 Å². The summed E-state index contributed by atoms with van der Waals surface area (Å²) in [5.74, 6) is 1.74. The Bertz CT molecular complexity index is 1410. The molecule has 1 aliphatic rings. The fourth-order valence-corrected chi connectivity index (χ4v) is 5.74. The van der Waals surface area contributed by atoms with Gasteiger partial charge in [-0.15, -0.1) is 0 Å². The van der Waals surface area contributed by atoms with Gasteiger partial charge in [0.25, 0.3) is 16.0 Å². The first-order valence-corrected chi connectivity index (χ1v) is 15.9. The predicted octanol–water partition coefficient (Wildman–Crippen LogP) is 3.73. The third kappa shape index (κ3) is 8.70. The van der Waals surface area contributed by atoms with E-state index in [1.807, 2.05) is 48.5 Å². The molecule has 0 radical (unpaired) electrons. The molecule has 0 aliphatic carbocycles. The number of hydrogen-bond donors (Lipinski definition) is 2. The van der Waals surface area contributed by atoms with Crippen LogP contribution < -0.4 is 19.7 Å². The number of benzene rings is 2. The summed E-state index contributed by atoms with van der Waals surface area (Å²) >= 11 is 0. The highest BCUT2D eigenvalue weighted by Gasteiger charge is 2.29. The molecular formula is C30H41N5O6S. The molecule has 2 heterocycles. The van der Waals surface area contributed by atoms with Crippen LogP contribution >= 0.6 is 0 Å². The number of piperazine rings is 1. The maximum absolute atomic E-state index is 12.9. The molecule has 2 atom stereocenters. The molecule has 42 heavy (non-hydrogen) atoms. The van der Waals surface area contributed by atoms with Crippen LogP contribution in [0.25, 0.3) is 0 Å². The van der Waals surface area contributed by atoms with E-state index in [-0.39, 0.29) is 24.6 Å². The van der Waals surface area contributed by atoms with Crippen molar-refractivity contribution in [2.45, 2.75) is 45.2 Å². The van der Waals surface area contributed by atoms with Crippen molar-refractivity contribution in [2.24, 2.45) is 0 Å². The Hall–Kier alpha value is -3.61. The average Bonchev–Trinajstić information content (AvgIpc) is 3.41. The van der Waals surface area contributed by atoms with Crippen LogP contribution in [-0.2, 0) is 27.1 Å². The van der Waals surface area contributed by atoms with Gasteiger partial charge < -0.3 is 19.7 Å². The number of nitrogens with zero attached hydrogens (tertiary/aromatic N) is 3. The summed E-state index contributed by atoms with van der Waals surface area (Å²) in [5.41, 5.74) is 3.60. The topological polar surface area (TPSA) is 126 Å². The highest BCUT2D eigenvalue weighted by Crippen LogP contribution is 2.25. The van der Waals surface area contributed by atoms with E-state index in [9.17, 15) is 13.2 Å². The second-order valence-corrected chi connectivity index (χ2v) is 12.4. The molecule has 4 rings (SSSR count). The number of hydrogen-bond acceptors (Lipinski definition) is 9. The van der Waals surface area contributed by atoms with E-state index >= 15 is 0 Å². The molecule has 2 aromatic carbocycles. The van der Waals surface area contributed by atoms with E-state index in [0.29, 0.717) is 24.2 Å². The van der Waals surface area contributed by atoms with Crippen LogP contribution in [0.4, 0.5) is 11.5 Å². The van der Waals surface area contributed by atoms with Gasteiger partial charge >= 0.3 is 0 Å². The first-order valence-electron chi connectivity index (χ1n) is 14.1. The summed E-state index contributed by atoms with van der Waals surface area (Å²) in [6.07, 6.45) is 3.20. The van der Waals surface area contributed by atoms with Crippen molar-refractivity contribution in [3.8, 4) is 11.5 Å².